The van der Waals surface area contributed by atoms with E-state index < -0.39 is 5.76 Å². The number of halogens is 2. The number of hydrogen-bond donors (Lipinski definition) is 1. The normalized spacial score (nSPS) is 10.8. The van der Waals surface area contributed by atoms with Crippen LogP contribution in [0.2, 0.25) is 0 Å². The van der Waals surface area contributed by atoms with E-state index in [1.807, 2.05) is 16.8 Å². The van der Waals surface area contributed by atoms with Crippen molar-refractivity contribution in [3.63, 3.8) is 0 Å². The second-order valence-corrected chi connectivity index (χ2v) is 5.82. The van der Waals surface area contributed by atoms with Crippen LogP contribution in [0.15, 0.2) is 46.0 Å². The van der Waals surface area contributed by atoms with E-state index in [9.17, 15) is 13.6 Å². The lowest BCUT2D eigenvalue weighted by Gasteiger charge is -2.09. The highest BCUT2D eigenvalue weighted by Crippen LogP contribution is 2.28. The molecule has 0 radical (unpaired) electrons. The van der Waals surface area contributed by atoms with Crippen molar-refractivity contribution in [3.05, 3.63) is 52.2 Å². The van der Waals surface area contributed by atoms with Gasteiger partial charge in [-0.15, -0.1) is 0 Å². The Morgan fingerprint density at radius 1 is 1.30 bits per heavy atom. The van der Waals surface area contributed by atoms with Crippen LogP contribution in [0.1, 0.15) is 15.9 Å². The first-order valence-electron chi connectivity index (χ1n) is 6.00. The van der Waals surface area contributed by atoms with E-state index in [0.717, 1.165) is 12.0 Å². The van der Waals surface area contributed by atoms with Gasteiger partial charge in [-0.2, -0.15) is 20.1 Å². The van der Waals surface area contributed by atoms with E-state index in [-0.39, 0.29) is 5.91 Å². The SMILES string of the molecule is O=C(NCCc1ccsc1)c1ccccc1SC(F)F. The molecule has 0 bridgehead atoms. The Labute approximate surface area is 124 Å². The van der Waals surface area contributed by atoms with Gasteiger partial charge in [0, 0.05) is 11.4 Å². The number of carbonyl (C=O) groups is 1. The zero-order chi connectivity index (χ0) is 14.4. The molecular weight excluding hydrogens is 300 g/mol. The Balaban J connectivity index is 1.94. The van der Waals surface area contributed by atoms with Gasteiger partial charge >= 0.3 is 0 Å². The maximum atomic E-state index is 12.4. The van der Waals surface area contributed by atoms with Crippen molar-refractivity contribution in [2.24, 2.45) is 0 Å². The second kappa shape index (κ2) is 7.40. The first kappa shape index (κ1) is 15.0. The van der Waals surface area contributed by atoms with Gasteiger partial charge in [0.15, 0.2) is 0 Å². The lowest BCUT2D eigenvalue weighted by atomic mass is 10.2. The summed E-state index contributed by atoms with van der Waals surface area (Å²) < 4.78 is 24.9. The summed E-state index contributed by atoms with van der Waals surface area (Å²) in [6.45, 7) is 0.489. The summed E-state index contributed by atoms with van der Waals surface area (Å²) in [7, 11) is 0. The fourth-order valence-corrected chi connectivity index (χ4v) is 3.04. The molecule has 2 aromatic rings. The number of nitrogens with one attached hydrogen (secondary N) is 1. The molecule has 1 aromatic heterocycles. The van der Waals surface area contributed by atoms with Crippen molar-refractivity contribution in [2.75, 3.05) is 6.54 Å². The highest BCUT2D eigenvalue weighted by molar-refractivity contribution is 7.99. The summed E-state index contributed by atoms with van der Waals surface area (Å²) in [5.74, 6) is -2.85. The molecule has 2 nitrogen and oxygen atoms in total. The van der Waals surface area contributed by atoms with E-state index >= 15 is 0 Å². The molecule has 1 amide bonds. The summed E-state index contributed by atoms with van der Waals surface area (Å²) in [6.07, 6.45) is 0.736. The van der Waals surface area contributed by atoms with E-state index in [2.05, 4.69) is 5.32 Å². The van der Waals surface area contributed by atoms with E-state index in [0.29, 0.717) is 28.8 Å². The van der Waals surface area contributed by atoms with Gasteiger partial charge < -0.3 is 5.32 Å². The van der Waals surface area contributed by atoms with Gasteiger partial charge in [-0.25, -0.2) is 0 Å². The zero-order valence-corrected chi connectivity index (χ0v) is 12.1. The lowest BCUT2D eigenvalue weighted by molar-refractivity contribution is 0.0951. The van der Waals surface area contributed by atoms with Gasteiger partial charge in [0.2, 0.25) is 0 Å². The van der Waals surface area contributed by atoms with Crippen LogP contribution in [0, 0.1) is 0 Å². The number of carbonyl (C=O) groups excluding carboxylic acids is 1. The molecule has 0 aliphatic carbocycles. The highest BCUT2D eigenvalue weighted by Gasteiger charge is 2.14. The smallest absolute Gasteiger partial charge is 0.288 e. The van der Waals surface area contributed by atoms with Crippen molar-refractivity contribution >= 4 is 29.0 Å². The van der Waals surface area contributed by atoms with Crippen LogP contribution in [-0.2, 0) is 6.42 Å². The largest absolute Gasteiger partial charge is 0.352 e. The lowest BCUT2D eigenvalue weighted by Crippen LogP contribution is -2.26. The molecule has 0 aliphatic heterocycles. The Bertz CT molecular complexity index is 558. The maximum Gasteiger partial charge on any atom is 0.288 e. The first-order valence-corrected chi connectivity index (χ1v) is 7.82. The van der Waals surface area contributed by atoms with Gasteiger partial charge in [-0.1, -0.05) is 23.9 Å². The minimum atomic E-state index is -2.53. The van der Waals surface area contributed by atoms with Crippen molar-refractivity contribution in [3.8, 4) is 0 Å². The van der Waals surface area contributed by atoms with Gasteiger partial charge in [0.05, 0.1) is 5.56 Å². The van der Waals surface area contributed by atoms with Crippen molar-refractivity contribution in [1.82, 2.24) is 5.32 Å². The minimum absolute atomic E-state index is 0.295. The number of rotatable bonds is 6. The molecule has 2 rings (SSSR count). The Morgan fingerprint density at radius 3 is 2.80 bits per heavy atom. The monoisotopic (exact) mass is 313 g/mol. The number of alkyl halides is 2. The van der Waals surface area contributed by atoms with Crippen molar-refractivity contribution < 1.29 is 13.6 Å². The van der Waals surface area contributed by atoms with Crippen LogP contribution in [0.3, 0.4) is 0 Å². The number of amides is 1. The van der Waals surface area contributed by atoms with Gasteiger partial charge in [-0.3, -0.25) is 4.79 Å². The third kappa shape index (κ3) is 4.31. The summed E-state index contributed by atoms with van der Waals surface area (Å²) in [5.41, 5.74) is 1.45. The number of thioether (sulfide) groups is 1. The third-order valence-electron chi connectivity index (χ3n) is 2.63. The minimum Gasteiger partial charge on any atom is -0.352 e. The van der Waals surface area contributed by atoms with E-state index in [4.69, 9.17) is 0 Å². The zero-order valence-electron chi connectivity index (χ0n) is 10.5. The number of thiophene rings is 1. The van der Waals surface area contributed by atoms with E-state index in [1.54, 1.807) is 29.5 Å². The number of hydrogen-bond acceptors (Lipinski definition) is 3. The van der Waals surface area contributed by atoms with Gasteiger partial charge in [-0.05, 0) is 40.9 Å². The van der Waals surface area contributed by atoms with Crippen molar-refractivity contribution in [2.45, 2.75) is 17.1 Å². The van der Waals surface area contributed by atoms with Crippen LogP contribution < -0.4 is 5.32 Å². The molecule has 0 unspecified atom stereocenters. The maximum absolute atomic E-state index is 12.4. The molecule has 1 heterocycles. The summed E-state index contributed by atoms with van der Waals surface area (Å²) in [6, 6.07) is 8.41. The average molecular weight is 313 g/mol. The summed E-state index contributed by atoms with van der Waals surface area (Å²) in [4.78, 5) is 12.3. The number of benzene rings is 1. The molecule has 0 spiro atoms. The quantitative estimate of drug-likeness (QED) is 0.816. The molecule has 1 aromatic carbocycles. The molecule has 6 heteroatoms. The Hall–Kier alpha value is -1.40. The molecular formula is C14H13F2NOS2. The molecule has 106 valence electrons. The van der Waals surface area contributed by atoms with Crippen LogP contribution in [0.4, 0.5) is 8.78 Å². The Morgan fingerprint density at radius 2 is 2.10 bits per heavy atom. The highest BCUT2D eigenvalue weighted by atomic mass is 32.2. The summed E-state index contributed by atoms with van der Waals surface area (Å²) >= 11 is 2.00. The third-order valence-corrected chi connectivity index (χ3v) is 4.15. The first-order chi connectivity index (χ1) is 9.66. The Kier molecular flexibility index (Phi) is 5.55. The molecule has 1 N–H and O–H groups in total. The van der Waals surface area contributed by atoms with Crippen LogP contribution >= 0.6 is 23.1 Å². The molecule has 0 aliphatic rings. The molecule has 0 atom stereocenters. The predicted molar refractivity (Wildman–Crippen MR) is 78.7 cm³/mol. The van der Waals surface area contributed by atoms with E-state index in [1.165, 1.54) is 6.07 Å². The second-order valence-electron chi connectivity index (χ2n) is 4.01. The van der Waals surface area contributed by atoms with Gasteiger partial charge in [0.1, 0.15) is 0 Å². The predicted octanol–water partition coefficient (Wildman–Crippen LogP) is 4.04. The standard InChI is InChI=1S/C14H13F2NOS2/c15-14(16)20-12-4-2-1-3-11(12)13(18)17-7-5-10-6-8-19-9-10/h1-4,6,8-9,14H,5,7H2,(H,17,18). The average Bonchev–Trinajstić information content (AvgIpc) is 2.91. The fraction of sp³-hybridized carbons (Fsp3) is 0.214. The fourth-order valence-electron chi connectivity index (χ4n) is 1.70. The van der Waals surface area contributed by atoms with Crippen LogP contribution in [-0.4, -0.2) is 18.2 Å². The molecule has 0 saturated carbocycles. The van der Waals surface area contributed by atoms with Crippen LogP contribution in [0.5, 0.6) is 0 Å². The summed E-state index contributed by atoms with van der Waals surface area (Å²) in [5, 5.41) is 6.76. The topological polar surface area (TPSA) is 29.1 Å². The van der Waals surface area contributed by atoms with Crippen molar-refractivity contribution in [1.29, 1.82) is 0 Å². The molecule has 0 fully saturated rings. The molecule has 0 saturated heterocycles. The molecule has 20 heavy (non-hydrogen) atoms. The van der Waals surface area contributed by atoms with Crippen LogP contribution in [0.25, 0.3) is 0 Å². The van der Waals surface area contributed by atoms with Gasteiger partial charge in [0.25, 0.3) is 11.7 Å².